The van der Waals surface area contributed by atoms with Gasteiger partial charge >= 0.3 is 0 Å². The third kappa shape index (κ3) is 2.89. The van der Waals surface area contributed by atoms with Crippen LogP contribution in [0.2, 0.25) is 0 Å². The van der Waals surface area contributed by atoms with Gasteiger partial charge in [-0.1, -0.05) is 73.7 Å². The Bertz CT molecular complexity index is 2270. The maximum Gasteiger partial charge on any atom is 0.135 e. The van der Waals surface area contributed by atoms with Crippen molar-refractivity contribution in [1.82, 2.24) is 9.13 Å². The Morgan fingerprint density at radius 3 is 1.73 bits per heavy atom. The number of rotatable bonds is 2. The Labute approximate surface area is 231 Å². The van der Waals surface area contributed by atoms with E-state index in [0.29, 0.717) is 5.92 Å². The van der Waals surface area contributed by atoms with Crippen LogP contribution in [0.5, 0.6) is 0 Å². The molecule has 190 valence electrons. The van der Waals surface area contributed by atoms with Gasteiger partial charge in [0.1, 0.15) is 11.2 Å². The summed E-state index contributed by atoms with van der Waals surface area (Å²) in [6.07, 6.45) is 5.67. The lowest BCUT2D eigenvalue weighted by molar-refractivity contribution is 0.668. The van der Waals surface area contributed by atoms with Crippen molar-refractivity contribution in [2.75, 3.05) is 0 Å². The van der Waals surface area contributed by atoms with E-state index in [1.807, 2.05) is 0 Å². The lowest BCUT2D eigenvalue weighted by Gasteiger charge is -2.19. The first kappa shape index (κ1) is 21.9. The molecule has 0 spiro atoms. The van der Waals surface area contributed by atoms with Crippen molar-refractivity contribution in [2.24, 2.45) is 0 Å². The standard InChI is InChI=1S/C37H26N2O/c1-23-9-8-13-29-28-12-4-7-16-34(28)39(37(23)29)25-18-20-36-31(22-25)30-21-24(17-19-35(30)40-36)38-32-14-5-2-10-26(32)27-11-3-6-15-33(27)38/h2-8,10-23H,9H2,1H3. The molecule has 0 aliphatic heterocycles. The van der Waals surface area contributed by atoms with Gasteiger partial charge in [-0.3, -0.25) is 0 Å². The van der Waals surface area contributed by atoms with Crippen molar-refractivity contribution < 1.29 is 4.42 Å². The largest absolute Gasteiger partial charge is 0.456 e. The first-order valence-electron chi connectivity index (χ1n) is 14.0. The van der Waals surface area contributed by atoms with Crippen LogP contribution in [0.4, 0.5) is 0 Å². The molecule has 3 nitrogen and oxygen atoms in total. The van der Waals surface area contributed by atoms with Crippen LogP contribution in [-0.4, -0.2) is 9.13 Å². The molecule has 1 aliphatic carbocycles. The van der Waals surface area contributed by atoms with Gasteiger partial charge in [-0.2, -0.15) is 0 Å². The predicted molar refractivity (Wildman–Crippen MR) is 167 cm³/mol. The molecule has 3 heteroatoms. The molecule has 0 fully saturated rings. The molecule has 0 bridgehead atoms. The highest BCUT2D eigenvalue weighted by atomic mass is 16.3. The highest BCUT2D eigenvalue weighted by Crippen LogP contribution is 2.41. The van der Waals surface area contributed by atoms with Gasteiger partial charge in [0.15, 0.2) is 0 Å². The smallest absolute Gasteiger partial charge is 0.135 e. The number of nitrogens with zero attached hydrogens (tertiary/aromatic N) is 2. The molecule has 1 aliphatic rings. The first-order chi connectivity index (χ1) is 19.8. The van der Waals surface area contributed by atoms with Crippen LogP contribution in [0.3, 0.4) is 0 Å². The van der Waals surface area contributed by atoms with Crippen LogP contribution < -0.4 is 0 Å². The molecule has 8 aromatic rings. The molecule has 1 unspecified atom stereocenters. The topological polar surface area (TPSA) is 23.0 Å². The number of fused-ring (bicyclic) bond motifs is 9. The molecule has 3 heterocycles. The minimum Gasteiger partial charge on any atom is -0.456 e. The van der Waals surface area contributed by atoms with Crippen molar-refractivity contribution >= 4 is 60.7 Å². The summed E-state index contributed by atoms with van der Waals surface area (Å²) >= 11 is 0. The molecule has 0 radical (unpaired) electrons. The number of hydrogen-bond acceptors (Lipinski definition) is 1. The lowest BCUT2D eigenvalue weighted by Crippen LogP contribution is -2.06. The van der Waals surface area contributed by atoms with Gasteiger partial charge in [0.05, 0.1) is 16.6 Å². The Kier molecular flexibility index (Phi) is 4.37. The molecule has 0 saturated heterocycles. The molecule has 0 N–H and O–H groups in total. The van der Waals surface area contributed by atoms with Crippen molar-refractivity contribution in [3.05, 3.63) is 127 Å². The zero-order valence-electron chi connectivity index (χ0n) is 22.1. The number of furan rings is 1. The quantitative estimate of drug-likeness (QED) is 0.225. The fraction of sp³-hybridized carbons (Fsp3) is 0.0811. The fourth-order valence-corrected chi connectivity index (χ4v) is 6.96. The van der Waals surface area contributed by atoms with E-state index in [1.54, 1.807) is 0 Å². The van der Waals surface area contributed by atoms with Crippen molar-refractivity contribution in [3.8, 4) is 11.4 Å². The molecular formula is C37H26N2O. The Morgan fingerprint density at radius 1 is 0.575 bits per heavy atom. The summed E-state index contributed by atoms with van der Waals surface area (Å²) < 4.78 is 11.2. The van der Waals surface area contributed by atoms with Gasteiger partial charge in [0.2, 0.25) is 0 Å². The van der Waals surface area contributed by atoms with Crippen molar-refractivity contribution in [1.29, 1.82) is 0 Å². The molecule has 3 aromatic heterocycles. The summed E-state index contributed by atoms with van der Waals surface area (Å²) in [6, 6.07) is 39.3. The molecule has 9 rings (SSSR count). The van der Waals surface area contributed by atoms with Gasteiger partial charge < -0.3 is 13.6 Å². The van der Waals surface area contributed by atoms with Gasteiger partial charge in [0.25, 0.3) is 0 Å². The van der Waals surface area contributed by atoms with Crippen molar-refractivity contribution in [2.45, 2.75) is 19.3 Å². The van der Waals surface area contributed by atoms with E-state index in [1.165, 1.54) is 49.7 Å². The number of allylic oxidation sites excluding steroid dienone is 1. The van der Waals surface area contributed by atoms with Crippen LogP contribution in [0.1, 0.15) is 30.5 Å². The second-order valence-electron chi connectivity index (χ2n) is 11.0. The van der Waals surface area contributed by atoms with Gasteiger partial charge in [-0.05, 0) is 61.0 Å². The van der Waals surface area contributed by atoms with Gasteiger partial charge in [-0.15, -0.1) is 0 Å². The molecule has 0 amide bonds. The summed E-state index contributed by atoms with van der Waals surface area (Å²) in [5.41, 5.74) is 10.6. The van der Waals surface area contributed by atoms with Crippen molar-refractivity contribution in [3.63, 3.8) is 0 Å². The first-order valence-corrected chi connectivity index (χ1v) is 14.0. The summed E-state index contributed by atoms with van der Waals surface area (Å²) in [5, 5.41) is 6.12. The predicted octanol–water partition coefficient (Wildman–Crippen LogP) is 10.1. The summed E-state index contributed by atoms with van der Waals surface area (Å²) in [6.45, 7) is 2.33. The van der Waals surface area contributed by atoms with E-state index in [0.717, 1.165) is 34.0 Å². The third-order valence-electron chi connectivity index (χ3n) is 8.73. The van der Waals surface area contributed by atoms with Gasteiger partial charge in [0, 0.05) is 55.5 Å². The van der Waals surface area contributed by atoms with Gasteiger partial charge in [-0.25, -0.2) is 0 Å². The maximum atomic E-state index is 6.36. The Morgan fingerprint density at radius 2 is 1.10 bits per heavy atom. The number of para-hydroxylation sites is 3. The second-order valence-corrected chi connectivity index (χ2v) is 11.0. The summed E-state index contributed by atoms with van der Waals surface area (Å²) in [5.74, 6) is 0.450. The van der Waals surface area contributed by atoms with E-state index in [9.17, 15) is 0 Å². The lowest BCUT2D eigenvalue weighted by atomic mass is 9.93. The van der Waals surface area contributed by atoms with E-state index < -0.39 is 0 Å². The highest BCUT2D eigenvalue weighted by molar-refractivity contribution is 6.11. The minimum absolute atomic E-state index is 0.450. The van der Waals surface area contributed by atoms with Crippen LogP contribution in [0.15, 0.2) is 120 Å². The Balaban J connectivity index is 1.31. The molecule has 40 heavy (non-hydrogen) atoms. The third-order valence-corrected chi connectivity index (χ3v) is 8.73. The van der Waals surface area contributed by atoms with Crippen LogP contribution in [0, 0.1) is 0 Å². The van der Waals surface area contributed by atoms with Crippen LogP contribution in [-0.2, 0) is 0 Å². The zero-order valence-corrected chi connectivity index (χ0v) is 22.1. The summed E-state index contributed by atoms with van der Waals surface area (Å²) in [4.78, 5) is 0. The SMILES string of the molecule is CC1CC=Cc2c1n(-c1ccc3oc4ccc(-n5c6ccccc6c6ccccc65)cc4c3c1)c1ccccc21. The Hall–Kier alpha value is -5.02. The number of hydrogen-bond donors (Lipinski definition) is 0. The average Bonchev–Trinajstić information content (AvgIpc) is 3.65. The van der Waals surface area contributed by atoms with Crippen LogP contribution >= 0.6 is 0 Å². The molecule has 1 atom stereocenters. The maximum absolute atomic E-state index is 6.36. The average molecular weight is 515 g/mol. The molecule has 5 aromatic carbocycles. The minimum atomic E-state index is 0.450. The molecular weight excluding hydrogens is 488 g/mol. The number of aromatic nitrogens is 2. The fourth-order valence-electron chi connectivity index (χ4n) is 6.96. The highest BCUT2D eigenvalue weighted by Gasteiger charge is 2.23. The molecule has 0 saturated carbocycles. The summed E-state index contributed by atoms with van der Waals surface area (Å²) in [7, 11) is 0. The van der Waals surface area contributed by atoms with Crippen LogP contribution in [0.25, 0.3) is 72.1 Å². The monoisotopic (exact) mass is 514 g/mol. The van der Waals surface area contributed by atoms with E-state index in [2.05, 4.69) is 137 Å². The van der Waals surface area contributed by atoms with E-state index >= 15 is 0 Å². The van der Waals surface area contributed by atoms with E-state index in [4.69, 9.17) is 4.42 Å². The van der Waals surface area contributed by atoms with E-state index in [-0.39, 0.29) is 0 Å². The normalized spacial score (nSPS) is 15.2. The zero-order chi connectivity index (χ0) is 26.4. The number of benzene rings is 5. The second kappa shape index (κ2) is 8.00.